The lowest BCUT2D eigenvalue weighted by atomic mass is 9.98. The molecule has 12 heteroatoms. The summed E-state index contributed by atoms with van der Waals surface area (Å²) in [5, 5.41) is 4.09. The van der Waals surface area contributed by atoms with Crippen molar-refractivity contribution in [3.05, 3.63) is 77.1 Å². The number of halogens is 4. The van der Waals surface area contributed by atoms with Gasteiger partial charge in [-0.1, -0.05) is 29.8 Å². The molecule has 2 aromatic carbocycles. The molecule has 0 unspecified atom stereocenters. The van der Waals surface area contributed by atoms with Gasteiger partial charge in [0.25, 0.3) is 10.0 Å². The van der Waals surface area contributed by atoms with E-state index >= 15 is 0 Å². The van der Waals surface area contributed by atoms with Gasteiger partial charge in [-0.15, -0.1) is 0 Å². The molecule has 0 bridgehead atoms. The van der Waals surface area contributed by atoms with Crippen LogP contribution >= 0.6 is 11.6 Å². The van der Waals surface area contributed by atoms with Gasteiger partial charge in [0.1, 0.15) is 5.15 Å². The fraction of sp³-hybridized carbons (Fsp3) is 0.100. The standard InChI is InChI=1S/C20H14ClF3N4O3S/c1-12-16(31-27-32(29,30)13-5-3-2-4-6-13)8-7-14(20(22,23)24)19(12)15-11-25-18-10-9-17(21)26-28(15)18/h2-11,27H,1H3. The van der Waals surface area contributed by atoms with Gasteiger partial charge in [-0.05, 0) is 48.2 Å². The molecule has 0 atom stereocenters. The van der Waals surface area contributed by atoms with Crippen molar-refractivity contribution >= 4 is 27.3 Å². The second kappa shape index (κ2) is 8.08. The lowest BCUT2D eigenvalue weighted by molar-refractivity contribution is -0.137. The number of fused-ring (bicyclic) bond motifs is 1. The number of imidazole rings is 1. The van der Waals surface area contributed by atoms with Crippen LogP contribution in [0, 0.1) is 6.92 Å². The second-order valence-corrected chi connectivity index (χ2v) is 8.71. The van der Waals surface area contributed by atoms with Crippen molar-refractivity contribution in [2.24, 2.45) is 0 Å². The van der Waals surface area contributed by atoms with Gasteiger partial charge in [0.2, 0.25) is 0 Å². The molecule has 0 saturated carbocycles. The Bertz CT molecular complexity index is 1410. The van der Waals surface area contributed by atoms with Crippen LogP contribution in [0.4, 0.5) is 13.2 Å². The Morgan fingerprint density at radius 2 is 1.78 bits per heavy atom. The van der Waals surface area contributed by atoms with Crippen LogP contribution in [-0.2, 0) is 16.2 Å². The fourth-order valence-corrected chi connectivity index (χ4v) is 4.09. The molecule has 0 fully saturated rings. The predicted octanol–water partition coefficient (Wildman–Crippen LogP) is 4.65. The minimum atomic E-state index is -4.70. The number of nitrogens with one attached hydrogen (secondary N) is 1. The van der Waals surface area contributed by atoms with E-state index in [0.717, 1.165) is 12.1 Å². The van der Waals surface area contributed by atoms with Crippen molar-refractivity contribution in [1.29, 1.82) is 0 Å². The topological polar surface area (TPSA) is 85.6 Å². The zero-order chi connectivity index (χ0) is 23.1. The molecule has 4 rings (SSSR count). The van der Waals surface area contributed by atoms with Crippen molar-refractivity contribution in [2.75, 3.05) is 0 Å². The quantitative estimate of drug-likeness (QED) is 0.418. The average molecular weight is 483 g/mol. The summed E-state index contributed by atoms with van der Waals surface area (Å²) in [5.41, 5.74) is -0.899. The molecular weight excluding hydrogens is 469 g/mol. The maximum atomic E-state index is 13.8. The van der Waals surface area contributed by atoms with Gasteiger partial charge in [-0.3, -0.25) is 0 Å². The molecule has 2 aromatic heterocycles. The third-order valence-electron chi connectivity index (χ3n) is 4.62. The highest BCUT2D eigenvalue weighted by Crippen LogP contribution is 2.42. The van der Waals surface area contributed by atoms with Crippen LogP contribution in [-0.4, -0.2) is 23.0 Å². The van der Waals surface area contributed by atoms with Gasteiger partial charge in [-0.25, -0.2) is 17.9 Å². The molecule has 2 heterocycles. The first-order valence-corrected chi connectivity index (χ1v) is 10.9. The lowest BCUT2D eigenvalue weighted by Gasteiger charge is -2.18. The molecule has 0 aliphatic rings. The molecule has 1 N–H and O–H groups in total. The summed E-state index contributed by atoms with van der Waals surface area (Å²) in [5.74, 6) is -0.121. The van der Waals surface area contributed by atoms with Crippen LogP contribution in [0.3, 0.4) is 0 Å². The van der Waals surface area contributed by atoms with E-state index in [1.165, 1.54) is 54.0 Å². The third-order valence-corrected chi connectivity index (χ3v) is 6.02. The molecule has 0 saturated heterocycles. The Morgan fingerprint density at radius 1 is 1.06 bits per heavy atom. The first kappa shape index (κ1) is 22.1. The van der Waals surface area contributed by atoms with Crippen molar-refractivity contribution in [3.8, 4) is 17.0 Å². The molecule has 0 radical (unpaired) electrons. The number of rotatable bonds is 5. The Balaban J connectivity index is 1.81. The van der Waals surface area contributed by atoms with Gasteiger partial charge in [0.05, 0.1) is 22.3 Å². The van der Waals surface area contributed by atoms with Gasteiger partial charge in [0, 0.05) is 11.1 Å². The van der Waals surface area contributed by atoms with Crippen LogP contribution < -0.4 is 9.72 Å². The normalized spacial score (nSPS) is 12.3. The summed E-state index contributed by atoms with van der Waals surface area (Å²) in [4.78, 5) is 11.2. The first-order valence-electron chi connectivity index (χ1n) is 9.03. The molecule has 4 aromatic rings. The summed E-state index contributed by atoms with van der Waals surface area (Å²) in [6.45, 7) is 1.38. The van der Waals surface area contributed by atoms with Crippen molar-refractivity contribution in [2.45, 2.75) is 18.0 Å². The number of hydrogen-bond acceptors (Lipinski definition) is 5. The van der Waals surface area contributed by atoms with E-state index in [-0.39, 0.29) is 38.3 Å². The van der Waals surface area contributed by atoms with Gasteiger partial charge in [0.15, 0.2) is 11.4 Å². The van der Waals surface area contributed by atoms with Crippen LogP contribution in [0.5, 0.6) is 5.75 Å². The van der Waals surface area contributed by atoms with Gasteiger partial charge >= 0.3 is 6.18 Å². The van der Waals surface area contributed by atoms with Crippen LogP contribution in [0.25, 0.3) is 16.9 Å². The van der Waals surface area contributed by atoms with Crippen molar-refractivity contribution < 1.29 is 26.4 Å². The van der Waals surface area contributed by atoms with E-state index in [9.17, 15) is 21.6 Å². The minimum absolute atomic E-state index is 0.0173. The van der Waals surface area contributed by atoms with Crippen LogP contribution in [0.15, 0.2) is 65.7 Å². The van der Waals surface area contributed by atoms with E-state index in [2.05, 4.69) is 10.1 Å². The molecule has 0 aliphatic heterocycles. The highest BCUT2D eigenvalue weighted by atomic mass is 35.5. The van der Waals surface area contributed by atoms with Gasteiger partial charge in [-0.2, -0.15) is 18.3 Å². The molecule has 0 aliphatic carbocycles. The lowest BCUT2D eigenvalue weighted by Crippen LogP contribution is -2.27. The fourth-order valence-electron chi connectivity index (χ4n) is 3.14. The summed E-state index contributed by atoms with van der Waals surface area (Å²) in [6.07, 6.45) is -3.47. The monoisotopic (exact) mass is 482 g/mol. The predicted molar refractivity (Wildman–Crippen MR) is 111 cm³/mol. The zero-order valence-corrected chi connectivity index (χ0v) is 17.8. The minimum Gasteiger partial charge on any atom is -0.393 e. The molecule has 166 valence electrons. The highest BCUT2D eigenvalue weighted by molar-refractivity contribution is 7.89. The first-order chi connectivity index (χ1) is 15.1. The Hall–Kier alpha value is -3.15. The maximum Gasteiger partial charge on any atom is 0.417 e. The van der Waals surface area contributed by atoms with E-state index in [1.54, 1.807) is 6.07 Å². The Morgan fingerprint density at radius 3 is 2.47 bits per heavy atom. The molecule has 7 nitrogen and oxygen atoms in total. The zero-order valence-electron chi connectivity index (χ0n) is 16.3. The number of alkyl halides is 3. The summed E-state index contributed by atoms with van der Waals surface area (Å²) < 4.78 is 67.4. The number of sulfonamides is 1. The maximum absolute atomic E-state index is 13.8. The van der Waals surface area contributed by atoms with Gasteiger partial charge < -0.3 is 4.84 Å². The van der Waals surface area contributed by atoms with Crippen molar-refractivity contribution in [1.82, 2.24) is 19.5 Å². The van der Waals surface area contributed by atoms with E-state index in [4.69, 9.17) is 16.4 Å². The SMILES string of the molecule is Cc1c(ONS(=O)(=O)c2ccccc2)ccc(C(F)(F)F)c1-c1cnc2ccc(Cl)nn12. The van der Waals surface area contributed by atoms with Crippen molar-refractivity contribution in [3.63, 3.8) is 0 Å². The summed E-state index contributed by atoms with van der Waals surface area (Å²) in [6, 6.07) is 12.2. The Labute approximate surface area is 185 Å². The van der Waals surface area contributed by atoms with E-state index in [0.29, 0.717) is 0 Å². The molecule has 32 heavy (non-hydrogen) atoms. The molecule has 0 spiro atoms. The molecular formula is C20H14ClF3N4O3S. The van der Waals surface area contributed by atoms with E-state index in [1.807, 2.05) is 4.89 Å². The average Bonchev–Trinajstić information content (AvgIpc) is 3.15. The Kier molecular flexibility index (Phi) is 5.57. The highest BCUT2D eigenvalue weighted by Gasteiger charge is 2.36. The summed E-state index contributed by atoms with van der Waals surface area (Å²) in [7, 11) is -4.06. The number of hydrogen-bond donors (Lipinski definition) is 1. The summed E-state index contributed by atoms with van der Waals surface area (Å²) >= 11 is 5.91. The number of aromatic nitrogens is 3. The molecule has 0 amide bonds. The number of nitrogens with zero attached hydrogens (tertiary/aromatic N) is 3. The second-order valence-electron chi connectivity index (χ2n) is 6.68. The van der Waals surface area contributed by atoms with E-state index < -0.39 is 21.8 Å². The third kappa shape index (κ3) is 4.14. The smallest absolute Gasteiger partial charge is 0.393 e. The van der Waals surface area contributed by atoms with Crippen LogP contribution in [0.1, 0.15) is 11.1 Å². The van der Waals surface area contributed by atoms with Crippen LogP contribution in [0.2, 0.25) is 5.15 Å². The largest absolute Gasteiger partial charge is 0.417 e. The number of benzene rings is 2.